The molecule has 9 nitrogen and oxygen atoms in total. The average molecular weight is 769 g/mol. The van der Waals surface area contributed by atoms with Gasteiger partial charge >= 0.3 is 0 Å². The molecule has 0 aromatic heterocycles. The quantitative estimate of drug-likeness (QED) is 0.0517. The predicted octanol–water partition coefficient (Wildman–Crippen LogP) is 9.26. The van der Waals surface area contributed by atoms with Gasteiger partial charge in [-0.3, -0.25) is 14.5 Å². The zero-order chi connectivity index (χ0) is 40.0. The largest absolute Gasteiger partial charge is 0.397 e. The third-order valence-electron chi connectivity index (χ3n) is 10.8. The number of aliphatic hydroxyl groups is 1. The number of carbonyl (C=O) groups is 2. The highest BCUT2D eigenvalue weighted by atomic mass is 16.7. The van der Waals surface area contributed by atoms with E-state index < -0.39 is 6.29 Å². The molecule has 6 rings (SSSR count). The molecular formula is C48H56N4O5. The molecule has 5 N–H and O–H groups in total. The summed E-state index contributed by atoms with van der Waals surface area (Å²) in [7, 11) is 2.14. The standard InChI is InChI=1S/C48H56N4O5/c1-34(37-15-6-5-7-16-37)52(2)32-42-30-45(38-26-24-35(33-53)25-27-38)57-48(56-42)41-19-13-18-40(29-41)39-17-12-14-36(28-39)31-50-46(54)22-8-3-4-9-23-47(55)51-44-21-11-10-20-43(44)49/h5-7,10-21,24-29,34,42,45,48,53H,3-4,8-9,22-23,30-33,49H2,1-2H3,(H,50,54)(H,51,55)/t34-,42+,45-,48-/m0/s1. The SMILES string of the molecule is C[C@@H](c1ccccc1)N(C)C[C@H]1C[C@@H](c2ccc(CO)cc2)O[C@@H](c2cccc(-c3cccc(CNC(=O)CCCCCCC(=O)Nc4ccccc4N)c3)c2)O1. The summed E-state index contributed by atoms with van der Waals surface area (Å²) in [6.45, 7) is 3.40. The zero-order valence-electron chi connectivity index (χ0n) is 33.1. The molecule has 0 spiro atoms. The molecule has 9 heteroatoms. The Kier molecular flexibility index (Phi) is 15.0. The molecule has 1 fully saturated rings. The molecule has 4 atom stereocenters. The number of nitrogen functional groups attached to an aromatic ring is 1. The fourth-order valence-electron chi connectivity index (χ4n) is 7.26. The van der Waals surface area contributed by atoms with Crippen LogP contribution in [-0.2, 0) is 32.2 Å². The number of carbonyl (C=O) groups excluding carboxylic acids is 2. The molecule has 57 heavy (non-hydrogen) atoms. The number of hydrogen-bond donors (Lipinski definition) is 4. The summed E-state index contributed by atoms with van der Waals surface area (Å²) in [4.78, 5) is 27.3. The lowest BCUT2D eigenvalue weighted by molar-refractivity contribution is -0.253. The van der Waals surface area contributed by atoms with Gasteiger partial charge in [0.05, 0.1) is 30.2 Å². The highest BCUT2D eigenvalue weighted by Crippen LogP contribution is 2.39. The minimum atomic E-state index is -0.570. The van der Waals surface area contributed by atoms with Crippen molar-refractivity contribution in [2.45, 2.75) is 89.6 Å². The first-order valence-electron chi connectivity index (χ1n) is 20.1. The van der Waals surface area contributed by atoms with Crippen LogP contribution in [0.25, 0.3) is 11.1 Å². The molecule has 298 valence electrons. The van der Waals surface area contributed by atoms with Crippen LogP contribution in [0.2, 0.25) is 0 Å². The maximum absolute atomic E-state index is 12.7. The van der Waals surface area contributed by atoms with Crippen LogP contribution >= 0.6 is 0 Å². The van der Waals surface area contributed by atoms with Crippen molar-refractivity contribution in [3.05, 3.63) is 155 Å². The van der Waals surface area contributed by atoms with Gasteiger partial charge in [-0.25, -0.2) is 0 Å². The number of benzene rings is 5. The Morgan fingerprint density at radius 3 is 2.18 bits per heavy atom. The molecule has 0 saturated carbocycles. The number of amides is 2. The van der Waals surface area contributed by atoms with E-state index in [4.69, 9.17) is 15.2 Å². The van der Waals surface area contributed by atoms with Crippen molar-refractivity contribution in [3.8, 4) is 11.1 Å². The van der Waals surface area contributed by atoms with Gasteiger partial charge in [0.25, 0.3) is 0 Å². The molecule has 1 aliphatic rings. The van der Waals surface area contributed by atoms with E-state index >= 15 is 0 Å². The first-order valence-corrected chi connectivity index (χ1v) is 20.1. The molecule has 5 aromatic rings. The number of nitrogens with one attached hydrogen (secondary N) is 2. The zero-order valence-corrected chi connectivity index (χ0v) is 33.1. The van der Waals surface area contributed by atoms with E-state index in [1.54, 1.807) is 12.1 Å². The van der Waals surface area contributed by atoms with Gasteiger partial charge in [-0.2, -0.15) is 0 Å². The van der Waals surface area contributed by atoms with Crippen molar-refractivity contribution < 1.29 is 24.2 Å². The Labute approximate surface area is 337 Å². The highest BCUT2D eigenvalue weighted by molar-refractivity contribution is 5.93. The van der Waals surface area contributed by atoms with Crippen LogP contribution in [0.15, 0.2) is 127 Å². The number of hydrogen-bond acceptors (Lipinski definition) is 7. The third-order valence-corrected chi connectivity index (χ3v) is 10.8. The summed E-state index contributed by atoms with van der Waals surface area (Å²) >= 11 is 0. The van der Waals surface area contributed by atoms with E-state index in [1.165, 1.54) is 5.56 Å². The third kappa shape index (κ3) is 12.1. The summed E-state index contributed by atoms with van der Waals surface area (Å²) in [5.41, 5.74) is 14.3. The topological polar surface area (TPSA) is 126 Å². The minimum absolute atomic E-state index is 0.000345. The van der Waals surface area contributed by atoms with Crippen molar-refractivity contribution in [1.29, 1.82) is 0 Å². The number of rotatable bonds is 18. The number of para-hydroxylation sites is 2. The van der Waals surface area contributed by atoms with Crippen LogP contribution < -0.4 is 16.4 Å². The Hall–Kier alpha value is -5.32. The molecule has 0 unspecified atom stereocenters. The Morgan fingerprint density at radius 2 is 1.44 bits per heavy atom. The lowest BCUT2D eigenvalue weighted by Gasteiger charge is -2.39. The number of nitrogens with two attached hydrogens (primary N) is 1. The number of nitrogens with zero attached hydrogens (tertiary/aromatic N) is 1. The highest BCUT2D eigenvalue weighted by Gasteiger charge is 2.33. The van der Waals surface area contributed by atoms with Gasteiger partial charge in [-0.1, -0.05) is 116 Å². The van der Waals surface area contributed by atoms with Gasteiger partial charge in [0, 0.05) is 44.0 Å². The van der Waals surface area contributed by atoms with E-state index in [0.717, 1.165) is 65.6 Å². The molecule has 0 radical (unpaired) electrons. The summed E-state index contributed by atoms with van der Waals surface area (Å²) in [6, 6.07) is 42.5. The first-order chi connectivity index (χ1) is 27.7. The molecule has 2 amide bonds. The van der Waals surface area contributed by atoms with Crippen LogP contribution in [0.1, 0.15) is 98.1 Å². The van der Waals surface area contributed by atoms with Gasteiger partial charge < -0.3 is 30.9 Å². The van der Waals surface area contributed by atoms with Crippen molar-refractivity contribution in [3.63, 3.8) is 0 Å². The number of ether oxygens (including phenoxy) is 2. The first kappa shape index (κ1) is 41.3. The van der Waals surface area contributed by atoms with E-state index in [9.17, 15) is 14.7 Å². The monoisotopic (exact) mass is 768 g/mol. The summed E-state index contributed by atoms with van der Waals surface area (Å²) in [5.74, 6) is -0.0304. The number of likely N-dealkylation sites (N-methyl/N-ethyl adjacent to an activating group) is 1. The smallest absolute Gasteiger partial charge is 0.224 e. The number of unbranched alkanes of at least 4 members (excludes halogenated alkanes) is 3. The number of aliphatic hydroxyl groups excluding tert-OH is 1. The van der Waals surface area contributed by atoms with Crippen LogP contribution in [-0.4, -0.2) is 41.5 Å². The number of anilines is 2. The van der Waals surface area contributed by atoms with Gasteiger partial charge in [0.15, 0.2) is 6.29 Å². The molecule has 5 aromatic carbocycles. The van der Waals surface area contributed by atoms with E-state index in [-0.39, 0.29) is 36.7 Å². The molecule has 1 saturated heterocycles. The Bertz CT molecular complexity index is 2040. The fourth-order valence-corrected chi connectivity index (χ4v) is 7.26. The van der Waals surface area contributed by atoms with Gasteiger partial charge in [-0.05, 0) is 84.5 Å². The summed E-state index contributed by atoms with van der Waals surface area (Å²) < 4.78 is 13.4. The van der Waals surface area contributed by atoms with Gasteiger partial charge in [0.2, 0.25) is 11.8 Å². The lowest BCUT2D eigenvalue weighted by atomic mass is 9.98. The second-order valence-electron chi connectivity index (χ2n) is 15.0. The van der Waals surface area contributed by atoms with Gasteiger partial charge in [-0.15, -0.1) is 0 Å². The van der Waals surface area contributed by atoms with E-state index in [1.807, 2.05) is 60.7 Å². The van der Waals surface area contributed by atoms with E-state index in [0.29, 0.717) is 37.2 Å². The molecule has 0 aliphatic carbocycles. The second-order valence-corrected chi connectivity index (χ2v) is 15.0. The molecular weight excluding hydrogens is 713 g/mol. The van der Waals surface area contributed by atoms with E-state index in [2.05, 4.69) is 84.1 Å². The normalized spacial score (nSPS) is 17.2. The van der Waals surface area contributed by atoms with Crippen molar-refractivity contribution in [2.75, 3.05) is 24.6 Å². The summed E-state index contributed by atoms with van der Waals surface area (Å²) in [6.07, 6.45) is 4.06. The maximum Gasteiger partial charge on any atom is 0.224 e. The van der Waals surface area contributed by atoms with Crippen LogP contribution in [0.3, 0.4) is 0 Å². The molecule has 0 bridgehead atoms. The van der Waals surface area contributed by atoms with Crippen LogP contribution in [0, 0.1) is 0 Å². The maximum atomic E-state index is 12.7. The van der Waals surface area contributed by atoms with Crippen molar-refractivity contribution >= 4 is 23.2 Å². The van der Waals surface area contributed by atoms with Crippen molar-refractivity contribution in [1.82, 2.24) is 10.2 Å². The fraction of sp³-hybridized carbons (Fsp3) is 0.333. The summed E-state index contributed by atoms with van der Waals surface area (Å²) in [5, 5.41) is 15.6. The Morgan fingerprint density at radius 1 is 0.754 bits per heavy atom. The molecule has 1 heterocycles. The average Bonchev–Trinajstić information content (AvgIpc) is 3.25. The van der Waals surface area contributed by atoms with Crippen LogP contribution in [0.4, 0.5) is 11.4 Å². The molecule has 1 aliphatic heterocycles. The predicted molar refractivity (Wildman–Crippen MR) is 227 cm³/mol. The minimum Gasteiger partial charge on any atom is -0.397 e. The van der Waals surface area contributed by atoms with Crippen molar-refractivity contribution in [2.24, 2.45) is 0 Å². The van der Waals surface area contributed by atoms with Gasteiger partial charge in [0.1, 0.15) is 0 Å². The lowest BCUT2D eigenvalue weighted by Crippen LogP contribution is -2.38. The Balaban J connectivity index is 1.02. The second kappa shape index (κ2) is 20.7. The van der Waals surface area contributed by atoms with Crippen LogP contribution in [0.5, 0.6) is 0 Å².